The molecule has 1 amide bonds. The van der Waals surface area contributed by atoms with Crippen LogP contribution in [-0.4, -0.2) is 26.5 Å². The summed E-state index contributed by atoms with van der Waals surface area (Å²) in [5.74, 6) is 0.346. The number of hydrogen-bond donors (Lipinski definition) is 1. The minimum atomic E-state index is -0.514. The zero-order chi connectivity index (χ0) is 19.7. The number of thiophene rings is 1. The molecule has 0 saturated carbocycles. The van der Waals surface area contributed by atoms with Crippen LogP contribution in [0.15, 0.2) is 43.0 Å². The van der Waals surface area contributed by atoms with Crippen LogP contribution in [0.3, 0.4) is 0 Å². The molecule has 7 heteroatoms. The highest BCUT2D eigenvalue weighted by Gasteiger charge is 2.29. The first kappa shape index (κ1) is 18.6. The van der Waals surface area contributed by atoms with Crippen molar-refractivity contribution in [1.29, 1.82) is 0 Å². The summed E-state index contributed by atoms with van der Waals surface area (Å²) in [5, 5.41) is 7.68. The second-order valence-corrected chi connectivity index (χ2v) is 8.40. The van der Waals surface area contributed by atoms with Crippen LogP contribution in [0, 0.1) is 5.92 Å². The van der Waals surface area contributed by atoms with E-state index in [1.807, 2.05) is 30.3 Å². The van der Waals surface area contributed by atoms with E-state index in [0.29, 0.717) is 22.0 Å². The highest BCUT2D eigenvalue weighted by molar-refractivity contribution is 7.17. The molecule has 4 rings (SSSR count). The lowest BCUT2D eigenvalue weighted by Crippen LogP contribution is -2.24. The molecule has 1 aliphatic carbocycles. The largest absolute Gasteiger partial charge is 0.315 e. The number of hydrogen-bond acceptors (Lipinski definition) is 5. The molecular weight excluding hydrogens is 372 g/mol. The van der Waals surface area contributed by atoms with Crippen LogP contribution >= 0.6 is 11.3 Å². The van der Waals surface area contributed by atoms with Crippen molar-refractivity contribution >= 4 is 28.0 Å². The molecule has 0 aliphatic heterocycles. The van der Waals surface area contributed by atoms with Crippen molar-refractivity contribution in [2.24, 2.45) is 5.92 Å². The highest BCUT2D eigenvalue weighted by atomic mass is 32.1. The van der Waals surface area contributed by atoms with Gasteiger partial charge in [0.1, 0.15) is 23.7 Å². The minimum Gasteiger partial charge on any atom is -0.315 e. The highest BCUT2D eigenvalue weighted by Crippen LogP contribution is 2.41. The Balaban J connectivity index is 1.70. The first-order valence-electron chi connectivity index (χ1n) is 9.44. The van der Waals surface area contributed by atoms with Crippen LogP contribution in [0.2, 0.25) is 0 Å². The summed E-state index contributed by atoms with van der Waals surface area (Å²) in [4.78, 5) is 31.2. The third kappa shape index (κ3) is 3.49. The third-order valence-corrected chi connectivity index (χ3v) is 6.39. The summed E-state index contributed by atoms with van der Waals surface area (Å²) in [5.41, 5.74) is 2.39. The molecule has 2 aromatic heterocycles. The van der Waals surface area contributed by atoms with Crippen molar-refractivity contribution in [3.05, 3.63) is 64.6 Å². The minimum absolute atomic E-state index is 0.0311. The van der Waals surface area contributed by atoms with Crippen LogP contribution < -0.4 is 5.32 Å². The van der Waals surface area contributed by atoms with Crippen LogP contribution in [0.1, 0.15) is 52.7 Å². The Hall–Kier alpha value is -2.80. The van der Waals surface area contributed by atoms with Crippen LogP contribution in [0.4, 0.5) is 5.00 Å². The van der Waals surface area contributed by atoms with Gasteiger partial charge in [-0.3, -0.25) is 9.59 Å². The van der Waals surface area contributed by atoms with E-state index in [4.69, 9.17) is 0 Å². The molecule has 6 nitrogen and oxygen atoms in total. The molecule has 0 fully saturated rings. The van der Waals surface area contributed by atoms with Gasteiger partial charge in [-0.05, 0) is 37.7 Å². The van der Waals surface area contributed by atoms with Crippen molar-refractivity contribution in [3.8, 4) is 0 Å². The summed E-state index contributed by atoms with van der Waals surface area (Å²) in [6.45, 7) is 3.99. The summed E-state index contributed by atoms with van der Waals surface area (Å²) >= 11 is 1.53. The van der Waals surface area contributed by atoms with E-state index in [0.717, 1.165) is 24.8 Å². The molecular formula is C21H22N4O2S. The number of anilines is 1. The van der Waals surface area contributed by atoms with Crippen LogP contribution in [0.5, 0.6) is 0 Å². The SMILES string of the molecule is CC1CCc2c(sc(NC(=O)C(C)n3cncn3)c2C(=O)c2ccccc2)C1. The number of aromatic nitrogens is 3. The normalized spacial score (nSPS) is 17.0. The Morgan fingerprint density at radius 2 is 2.07 bits per heavy atom. The molecule has 1 aromatic carbocycles. The van der Waals surface area contributed by atoms with Gasteiger partial charge < -0.3 is 5.32 Å². The topological polar surface area (TPSA) is 76.9 Å². The van der Waals surface area contributed by atoms with Crippen LogP contribution in [-0.2, 0) is 17.6 Å². The number of nitrogens with zero attached hydrogens (tertiary/aromatic N) is 3. The molecule has 1 aliphatic rings. The second kappa shape index (κ2) is 7.67. The molecule has 1 N–H and O–H groups in total. The molecule has 0 saturated heterocycles. The number of carbonyl (C=O) groups is 2. The fourth-order valence-electron chi connectivity index (χ4n) is 3.57. The smallest absolute Gasteiger partial charge is 0.249 e. The van der Waals surface area contributed by atoms with Gasteiger partial charge in [-0.15, -0.1) is 11.3 Å². The zero-order valence-electron chi connectivity index (χ0n) is 15.9. The van der Waals surface area contributed by atoms with Crippen molar-refractivity contribution in [2.75, 3.05) is 5.32 Å². The molecule has 28 heavy (non-hydrogen) atoms. The Bertz CT molecular complexity index is 995. The number of benzene rings is 1. The third-order valence-electron chi connectivity index (χ3n) is 5.22. The average molecular weight is 395 g/mol. The van der Waals surface area contributed by atoms with Crippen molar-refractivity contribution in [1.82, 2.24) is 14.8 Å². The number of fused-ring (bicyclic) bond motifs is 1. The maximum Gasteiger partial charge on any atom is 0.249 e. The lowest BCUT2D eigenvalue weighted by atomic mass is 9.86. The lowest BCUT2D eigenvalue weighted by Gasteiger charge is -2.18. The Morgan fingerprint density at radius 1 is 1.29 bits per heavy atom. The van der Waals surface area contributed by atoms with Crippen molar-refractivity contribution in [2.45, 2.75) is 39.2 Å². The monoisotopic (exact) mass is 394 g/mol. The van der Waals surface area contributed by atoms with Gasteiger partial charge in [0.2, 0.25) is 5.91 Å². The number of amides is 1. The molecule has 2 heterocycles. The van der Waals surface area contributed by atoms with E-state index in [2.05, 4.69) is 22.3 Å². The molecule has 0 radical (unpaired) electrons. The van der Waals surface area contributed by atoms with Gasteiger partial charge in [-0.25, -0.2) is 9.67 Å². The van der Waals surface area contributed by atoms with Gasteiger partial charge in [0.25, 0.3) is 0 Å². The van der Waals surface area contributed by atoms with E-state index in [1.54, 1.807) is 6.92 Å². The fourth-order valence-corrected chi connectivity index (χ4v) is 4.98. The van der Waals surface area contributed by atoms with Crippen molar-refractivity contribution < 1.29 is 9.59 Å². The summed E-state index contributed by atoms with van der Waals surface area (Å²) in [7, 11) is 0. The number of carbonyl (C=O) groups excluding carboxylic acids is 2. The fraction of sp³-hybridized carbons (Fsp3) is 0.333. The molecule has 0 spiro atoms. The van der Waals surface area contributed by atoms with E-state index < -0.39 is 6.04 Å². The van der Waals surface area contributed by atoms with E-state index in [9.17, 15) is 9.59 Å². The van der Waals surface area contributed by atoms with Gasteiger partial charge in [0, 0.05) is 10.4 Å². The molecule has 0 bridgehead atoms. The predicted molar refractivity (Wildman–Crippen MR) is 109 cm³/mol. The zero-order valence-corrected chi connectivity index (χ0v) is 16.7. The average Bonchev–Trinajstić information content (AvgIpc) is 3.35. The Labute approximate surface area is 167 Å². The predicted octanol–water partition coefficient (Wildman–Crippen LogP) is 3.90. The molecule has 2 unspecified atom stereocenters. The first-order valence-corrected chi connectivity index (χ1v) is 10.3. The van der Waals surface area contributed by atoms with Crippen LogP contribution in [0.25, 0.3) is 0 Å². The summed E-state index contributed by atoms with van der Waals surface area (Å²) in [6, 6.07) is 8.74. The van der Waals surface area contributed by atoms with Gasteiger partial charge in [0.05, 0.1) is 5.56 Å². The Kier molecular flexibility index (Phi) is 5.09. The maximum absolute atomic E-state index is 13.3. The van der Waals surface area contributed by atoms with Gasteiger partial charge in [-0.1, -0.05) is 37.3 Å². The number of nitrogens with one attached hydrogen (secondary N) is 1. The quantitative estimate of drug-likeness (QED) is 0.666. The number of ketones is 1. The van der Waals surface area contributed by atoms with E-state index in [1.165, 1.54) is 33.6 Å². The second-order valence-electron chi connectivity index (χ2n) is 7.29. The Morgan fingerprint density at radius 3 is 2.79 bits per heavy atom. The van der Waals surface area contributed by atoms with E-state index in [-0.39, 0.29) is 11.7 Å². The lowest BCUT2D eigenvalue weighted by molar-refractivity contribution is -0.119. The summed E-state index contributed by atoms with van der Waals surface area (Å²) in [6.07, 6.45) is 5.79. The molecule has 3 aromatic rings. The number of rotatable bonds is 5. The standard InChI is InChI=1S/C21H22N4O2S/c1-13-8-9-16-17(10-13)28-21(18(16)19(26)15-6-4-3-5-7-15)24-20(27)14(2)25-12-22-11-23-25/h3-7,11-14H,8-10H2,1-2H3,(H,24,27). The van der Waals surface area contributed by atoms with Gasteiger partial charge >= 0.3 is 0 Å². The van der Waals surface area contributed by atoms with Gasteiger partial charge in [0.15, 0.2) is 5.78 Å². The summed E-state index contributed by atoms with van der Waals surface area (Å²) < 4.78 is 1.50. The first-order chi connectivity index (χ1) is 13.5. The molecule has 144 valence electrons. The van der Waals surface area contributed by atoms with E-state index >= 15 is 0 Å². The maximum atomic E-state index is 13.3. The van der Waals surface area contributed by atoms with Crippen molar-refractivity contribution in [3.63, 3.8) is 0 Å². The van der Waals surface area contributed by atoms with Gasteiger partial charge in [-0.2, -0.15) is 5.10 Å². The molecule has 2 atom stereocenters.